The molecule has 0 aliphatic carbocycles. The molecule has 1 heterocycles. The summed E-state index contributed by atoms with van der Waals surface area (Å²) >= 11 is 0. The Hall–Kier alpha value is -1.06. The smallest absolute Gasteiger partial charge is 0.0808 e. The van der Waals surface area contributed by atoms with Crippen molar-refractivity contribution in [2.24, 2.45) is 0 Å². The van der Waals surface area contributed by atoms with E-state index < -0.39 is 0 Å². The SMILES string of the molecule is Nc1cccc(COCC2CCCCO2)c1. The number of ether oxygens (including phenoxy) is 2. The first kappa shape index (κ1) is 11.4. The maximum atomic E-state index is 5.69. The van der Waals surface area contributed by atoms with Crippen molar-refractivity contribution < 1.29 is 9.47 Å². The average molecular weight is 221 g/mol. The number of nitrogens with two attached hydrogens (primary N) is 1. The predicted octanol–water partition coefficient (Wildman–Crippen LogP) is 2.35. The van der Waals surface area contributed by atoms with Crippen molar-refractivity contribution in [2.75, 3.05) is 18.9 Å². The Kier molecular flexibility index (Phi) is 4.19. The molecule has 1 aromatic carbocycles. The van der Waals surface area contributed by atoms with E-state index in [-0.39, 0.29) is 6.10 Å². The standard InChI is InChI=1S/C13H19NO2/c14-12-5-3-4-11(8-12)9-15-10-13-6-1-2-7-16-13/h3-5,8,13H,1-2,6-7,9-10,14H2. The molecule has 2 N–H and O–H groups in total. The van der Waals surface area contributed by atoms with Crippen molar-refractivity contribution in [3.05, 3.63) is 29.8 Å². The zero-order chi connectivity index (χ0) is 11.2. The van der Waals surface area contributed by atoms with Crippen LogP contribution in [0, 0.1) is 0 Å². The van der Waals surface area contributed by atoms with Gasteiger partial charge in [-0.15, -0.1) is 0 Å². The lowest BCUT2D eigenvalue weighted by atomic mass is 10.1. The van der Waals surface area contributed by atoms with Gasteiger partial charge in [0.1, 0.15) is 0 Å². The van der Waals surface area contributed by atoms with E-state index in [1.54, 1.807) is 0 Å². The highest BCUT2D eigenvalue weighted by atomic mass is 16.5. The van der Waals surface area contributed by atoms with Gasteiger partial charge in [-0.25, -0.2) is 0 Å². The quantitative estimate of drug-likeness (QED) is 0.794. The molecule has 16 heavy (non-hydrogen) atoms. The van der Waals surface area contributed by atoms with Gasteiger partial charge in [0.05, 0.1) is 19.3 Å². The van der Waals surface area contributed by atoms with Gasteiger partial charge < -0.3 is 15.2 Å². The van der Waals surface area contributed by atoms with E-state index in [9.17, 15) is 0 Å². The van der Waals surface area contributed by atoms with E-state index in [0.717, 1.165) is 24.3 Å². The summed E-state index contributed by atoms with van der Waals surface area (Å²) in [5.74, 6) is 0. The molecule has 0 radical (unpaired) electrons. The largest absolute Gasteiger partial charge is 0.399 e. The van der Waals surface area contributed by atoms with Crippen LogP contribution in [0.1, 0.15) is 24.8 Å². The lowest BCUT2D eigenvalue weighted by Gasteiger charge is -2.22. The minimum atomic E-state index is 0.287. The summed E-state index contributed by atoms with van der Waals surface area (Å²) in [5.41, 5.74) is 7.60. The van der Waals surface area contributed by atoms with Crippen molar-refractivity contribution in [2.45, 2.75) is 32.0 Å². The molecule has 0 bridgehead atoms. The average Bonchev–Trinajstić information content (AvgIpc) is 2.30. The molecule has 3 nitrogen and oxygen atoms in total. The van der Waals surface area contributed by atoms with Gasteiger partial charge in [-0.05, 0) is 37.0 Å². The topological polar surface area (TPSA) is 44.5 Å². The third-order valence-corrected chi connectivity index (χ3v) is 2.80. The molecule has 0 aromatic heterocycles. The van der Waals surface area contributed by atoms with Crippen LogP contribution in [0.4, 0.5) is 5.69 Å². The molecule has 1 saturated heterocycles. The van der Waals surface area contributed by atoms with E-state index in [1.165, 1.54) is 12.8 Å². The van der Waals surface area contributed by atoms with Crippen LogP contribution in [0.25, 0.3) is 0 Å². The lowest BCUT2D eigenvalue weighted by molar-refractivity contribution is -0.0447. The van der Waals surface area contributed by atoms with E-state index in [1.807, 2.05) is 24.3 Å². The van der Waals surface area contributed by atoms with Gasteiger partial charge in [-0.1, -0.05) is 12.1 Å². The number of hydrogen-bond acceptors (Lipinski definition) is 3. The summed E-state index contributed by atoms with van der Waals surface area (Å²) in [4.78, 5) is 0. The number of hydrogen-bond donors (Lipinski definition) is 1. The first-order valence-electron chi connectivity index (χ1n) is 5.88. The number of nitrogen functional groups attached to an aromatic ring is 1. The summed E-state index contributed by atoms with van der Waals surface area (Å²) < 4.78 is 11.2. The molecule has 2 rings (SSSR count). The molecule has 0 spiro atoms. The van der Waals surface area contributed by atoms with E-state index in [0.29, 0.717) is 13.2 Å². The van der Waals surface area contributed by atoms with Gasteiger partial charge in [0.2, 0.25) is 0 Å². The fourth-order valence-electron chi connectivity index (χ4n) is 1.93. The molecule has 1 unspecified atom stereocenters. The van der Waals surface area contributed by atoms with Crippen LogP contribution in [0.5, 0.6) is 0 Å². The fraction of sp³-hybridized carbons (Fsp3) is 0.538. The Labute approximate surface area is 96.5 Å². The molecule has 1 fully saturated rings. The van der Waals surface area contributed by atoms with Crippen molar-refractivity contribution in [3.63, 3.8) is 0 Å². The highest BCUT2D eigenvalue weighted by Crippen LogP contribution is 2.14. The number of anilines is 1. The Bertz CT molecular complexity index is 321. The molecule has 3 heteroatoms. The second-order valence-electron chi connectivity index (χ2n) is 4.25. The van der Waals surface area contributed by atoms with Crippen LogP contribution < -0.4 is 5.73 Å². The van der Waals surface area contributed by atoms with Gasteiger partial charge in [-0.2, -0.15) is 0 Å². The van der Waals surface area contributed by atoms with Crippen LogP contribution in [-0.4, -0.2) is 19.3 Å². The Morgan fingerprint density at radius 1 is 1.38 bits per heavy atom. The zero-order valence-corrected chi connectivity index (χ0v) is 9.52. The molecule has 1 atom stereocenters. The molecule has 1 aliphatic heterocycles. The maximum Gasteiger partial charge on any atom is 0.0808 e. The van der Waals surface area contributed by atoms with Crippen LogP contribution in [-0.2, 0) is 16.1 Å². The monoisotopic (exact) mass is 221 g/mol. The van der Waals surface area contributed by atoms with Gasteiger partial charge in [0, 0.05) is 12.3 Å². The van der Waals surface area contributed by atoms with Crippen molar-refractivity contribution in [1.29, 1.82) is 0 Å². The van der Waals surface area contributed by atoms with Crippen molar-refractivity contribution in [1.82, 2.24) is 0 Å². The van der Waals surface area contributed by atoms with Crippen LogP contribution in [0.3, 0.4) is 0 Å². The molecule has 0 saturated carbocycles. The summed E-state index contributed by atoms with van der Waals surface area (Å²) in [7, 11) is 0. The fourth-order valence-corrected chi connectivity index (χ4v) is 1.93. The minimum Gasteiger partial charge on any atom is -0.399 e. The Morgan fingerprint density at radius 3 is 3.06 bits per heavy atom. The highest BCUT2D eigenvalue weighted by molar-refractivity contribution is 5.40. The van der Waals surface area contributed by atoms with Crippen LogP contribution in [0.2, 0.25) is 0 Å². The van der Waals surface area contributed by atoms with Crippen molar-refractivity contribution >= 4 is 5.69 Å². The first-order chi connectivity index (χ1) is 7.84. The van der Waals surface area contributed by atoms with E-state index in [4.69, 9.17) is 15.2 Å². The molecule has 1 aliphatic rings. The molecule has 0 amide bonds. The normalized spacial score (nSPS) is 20.9. The van der Waals surface area contributed by atoms with Gasteiger partial charge in [0.15, 0.2) is 0 Å². The lowest BCUT2D eigenvalue weighted by Crippen LogP contribution is -2.24. The summed E-state index contributed by atoms with van der Waals surface area (Å²) in [5, 5.41) is 0. The van der Waals surface area contributed by atoms with E-state index in [2.05, 4.69) is 0 Å². The summed E-state index contributed by atoms with van der Waals surface area (Å²) in [6.45, 7) is 2.19. The van der Waals surface area contributed by atoms with Crippen LogP contribution >= 0.6 is 0 Å². The maximum absolute atomic E-state index is 5.69. The second-order valence-corrected chi connectivity index (χ2v) is 4.25. The van der Waals surface area contributed by atoms with Crippen molar-refractivity contribution in [3.8, 4) is 0 Å². The minimum absolute atomic E-state index is 0.287. The van der Waals surface area contributed by atoms with Gasteiger partial charge >= 0.3 is 0 Å². The summed E-state index contributed by atoms with van der Waals surface area (Å²) in [6.07, 6.45) is 3.85. The molecular formula is C13H19NO2. The van der Waals surface area contributed by atoms with E-state index >= 15 is 0 Å². The number of rotatable bonds is 4. The van der Waals surface area contributed by atoms with Crippen LogP contribution in [0.15, 0.2) is 24.3 Å². The predicted molar refractivity (Wildman–Crippen MR) is 64.1 cm³/mol. The molecular weight excluding hydrogens is 202 g/mol. The van der Waals surface area contributed by atoms with Gasteiger partial charge in [0.25, 0.3) is 0 Å². The number of benzene rings is 1. The third-order valence-electron chi connectivity index (χ3n) is 2.80. The third kappa shape index (κ3) is 3.51. The zero-order valence-electron chi connectivity index (χ0n) is 9.52. The van der Waals surface area contributed by atoms with Gasteiger partial charge in [-0.3, -0.25) is 0 Å². The summed E-state index contributed by atoms with van der Waals surface area (Å²) in [6, 6.07) is 7.80. The molecule has 88 valence electrons. The Morgan fingerprint density at radius 2 is 2.31 bits per heavy atom. The Balaban J connectivity index is 1.71. The second kappa shape index (κ2) is 5.87. The highest BCUT2D eigenvalue weighted by Gasteiger charge is 2.13. The first-order valence-corrected chi connectivity index (χ1v) is 5.88. The molecule has 1 aromatic rings.